The van der Waals surface area contributed by atoms with Gasteiger partial charge in [-0.15, -0.1) is 0 Å². The Labute approximate surface area is 124 Å². The van der Waals surface area contributed by atoms with Crippen molar-refractivity contribution in [1.29, 1.82) is 0 Å². The Hall–Kier alpha value is -2.47. The molecular formula is C14H10ClFN2O3. The zero-order chi connectivity index (χ0) is 15.6. The van der Waals surface area contributed by atoms with E-state index < -0.39 is 22.3 Å². The van der Waals surface area contributed by atoms with E-state index in [0.717, 1.165) is 12.1 Å². The summed E-state index contributed by atoms with van der Waals surface area (Å²) >= 11 is 5.94. The number of nitro benzene ring substituents is 1. The van der Waals surface area contributed by atoms with Gasteiger partial charge in [0.15, 0.2) is 0 Å². The first kappa shape index (κ1) is 14.9. The number of benzene rings is 2. The maximum atomic E-state index is 13.2. The van der Waals surface area contributed by atoms with Gasteiger partial charge in [0.1, 0.15) is 0 Å². The van der Waals surface area contributed by atoms with Crippen molar-refractivity contribution in [1.82, 2.24) is 0 Å². The third kappa shape index (κ3) is 3.17. The number of hydrogen-bond donors (Lipinski definition) is 1. The van der Waals surface area contributed by atoms with E-state index in [4.69, 9.17) is 11.6 Å². The van der Waals surface area contributed by atoms with Gasteiger partial charge in [0.2, 0.25) is 5.82 Å². The van der Waals surface area contributed by atoms with Gasteiger partial charge in [-0.25, -0.2) is 0 Å². The van der Waals surface area contributed by atoms with E-state index in [1.54, 1.807) is 25.1 Å². The number of nitrogens with one attached hydrogen (secondary N) is 1. The van der Waals surface area contributed by atoms with Crippen molar-refractivity contribution in [3.63, 3.8) is 0 Å². The zero-order valence-corrected chi connectivity index (χ0v) is 11.6. The van der Waals surface area contributed by atoms with E-state index in [1.807, 2.05) is 0 Å². The van der Waals surface area contributed by atoms with Gasteiger partial charge in [-0.2, -0.15) is 4.39 Å². The summed E-state index contributed by atoms with van der Waals surface area (Å²) in [5.74, 6) is -1.57. The van der Waals surface area contributed by atoms with Gasteiger partial charge >= 0.3 is 5.69 Å². The Morgan fingerprint density at radius 2 is 2.05 bits per heavy atom. The molecular weight excluding hydrogens is 299 g/mol. The molecule has 0 bridgehead atoms. The van der Waals surface area contributed by atoms with Gasteiger partial charge in [-0.3, -0.25) is 14.9 Å². The summed E-state index contributed by atoms with van der Waals surface area (Å²) in [7, 11) is 0. The van der Waals surface area contributed by atoms with Gasteiger partial charge in [-0.1, -0.05) is 17.7 Å². The summed E-state index contributed by atoms with van der Waals surface area (Å²) < 4.78 is 13.2. The fourth-order valence-electron chi connectivity index (χ4n) is 1.73. The Bertz CT molecular complexity index is 734. The van der Waals surface area contributed by atoms with Crippen molar-refractivity contribution in [2.24, 2.45) is 0 Å². The molecule has 21 heavy (non-hydrogen) atoms. The molecule has 0 saturated heterocycles. The largest absolute Gasteiger partial charge is 0.322 e. The van der Waals surface area contributed by atoms with Gasteiger partial charge in [-0.05, 0) is 36.8 Å². The van der Waals surface area contributed by atoms with Crippen molar-refractivity contribution in [2.75, 3.05) is 5.32 Å². The second-order valence-corrected chi connectivity index (χ2v) is 4.70. The minimum Gasteiger partial charge on any atom is -0.322 e. The number of carbonyl (C=O) groups excluding carboxylic acids is 1. The van der Waals surface area contributed by atoms with Crippen LogP contribution in [-0.2, 0) is 0 Å². The molecule has 7 heteroatoms. The smallest absolute Gasteiger partial charge is 0.305 e. The van der Waals surface area contributed by atoms with E-state index in [9.17, 15) is 19.3 Å². The maximum Gasteiger partial charge on any atom is 0.305 e. The number of anilines is 1. The summed E-state index contributed by atoms with van der Waals surface area (Å²) in [6, 6.07) is 7.95. The highest BCUT2D eigenvalue weighted by molar-refractivity contribution is 6.31. The summed E-state index contributed by atoms with van der Waals surface area (Å²) in [4.78, 5) is 21.9. The van der Waals surface area contributed by atoms with Crippen LogP contribution in [0.1, 0.15) is 15.9 Å². The lowest BCUT2D eigenvalue weighted by molar-refractivity contribution is -0.387. The highest BCUT2D eigenvalue weighted by atomic mass is 35.5. The molecule has 2 aromatic rings. The molecule has 0 unspecified atom stereocenters. The van der Waals surface area contributed by atoms with Crippen LogP contribution in [-0.4, -0.2) is 10.8 Å². The van der Waals surface area contributed by atoms with Crippen LogP contribution in [0.3, 0.4) is 0 Å². The molecule has 0 aliphatic carbocycles. The van der Waals surface area contributed by atoms with Crippen molar-refractivity contribution < 1.29 is 14.1 Å². The van der Waals surface area contributed by atoms with E-state index in [1.165, 1.54) is 6.07 Å². The molecule has 0 radical (unpaired) electrons. The molecule has 108 valence electrons. The Kier molecular flexibility index (Phi) is 4.18. The molecule has 5 nitrogen and oxygen atoms in total. The second-order valence-electron chi connectivity index (χ2n) is 4.29. The Morgan fingerprint density at radius 1 is 1.33 bits per heavy atom. The van der Waals surface area contributed by atoms with Crippen LogP contribution >= 0.6 is 11.6 Å². The number of nitrogens with zero attached hydrogens (tertiary/aromatic N) is 1. The average Bonchev–Trinajstić information content (AvgIpc) is 2.44. The molecule has 0 aliphatic heterocycles. The molecule has 0 aromatic heterocycles. The highest BCUT2D eigenvalue weighted by Gasteiger charge is 2.18. The van der Waals surface area contributed by atoms with Crippen LogP contribution < -0.4 is 5.32 Å². The fraction of sp³-hybridized carbons (Fsp3) is 0.0714. The SMILES string of the molecule is Cc1c(Cl)cccc1NC(=O)c1ccc(F)c([N+](=O)[O-])c1. The monoisotopic (exact) mass is 308 g/mol. The molecule has 0 aliphatic rings. The maximum absolute atomic E-state index is 13.2. The Morgan fingerprint density at radius 3 is 2.71 bits per heavy atom. The van der Waals surface area contributed by atoms with Gasteiger partial charge in [0, 0.05) is 22.3 Å². The van der Waals surface area contributed by atoms with E-state index in [0.29, 0.717) is 16.3 Å². The number of hydrogen-bond acceptors (Lipinski definition) is 3. The van der Waals surface area contributed by atoms with Crippen LogP contribution in [0.2, 0.25) is 5.02 Å². The van der Waals surface area contributed by atoms with Gasteiger partial charge in [0.25, 0.3) is 5.91 Å². The number of carbonyl (C=O) groups is 1. The molecule has 2 rings (SSSR count). The summed E-state index contributed by atoms with van der Waals surface area (Å²) in [6.07, 6.45) is 0. The normalized spacial score (nSPS) is 10.2. The third-order valence-corrected chi connectivity index (χ3v) is 3.33. The van der Waals surface area contributed by atoms with Crippen LogP contribution in [0.15, 0.2) is 36.4 Å². The van der Waals surface area contributed by atoms with E-state index in [-0.39, 0.29) is 5.56 Å². The van der Waals surface area contributed by atoms with Crippen molar-refractivity contribution in [2.45, 2.75) is 6.92 Å². The quantitative estimate of drug-likeness (QED) is 0.689. The zero-order valence-electron chi connectivity index (χ0n) is 10.9. The standard InChI is InChI=1S/C14H10ClFN2O3/c1-8-10(15)3-2-4-12(8)17-14(19)9-5-6-11(16)13(7-9)18(20)21/h2-7H,1H3,(H,17,19). The van der Waals surface area contributed by atoms with Crippen molar-refractivity contribution in [3.8, 4) is 0 Å². The minimum absolute atomic E-state index is 0.0116. The summed E-state index contributed by atoms with van der Waals surface area (Å²) in [5.41, 5.74) is 0.400. The number of halogens is 2. The third-order valence-electron chi connectivity index (χ3n) is 2.92. The molecule has 2 aromatic carbocycles. The number of amides is 1. The number of nitro groups is 1. The first-order chi connectivity index (χ1) is 9.90. The second kappa shape index (κ2) is 5.88. The van der Waals surface area contributed by atoms with Crippen molar-refractivity contribution >= 4 is 28.9 Å². The average molecular weight is 309 g/mol. The summed E-state index contributed by atoms with van der Waals surface area (Å²) in [5, 5.41) is 13.7. The minimum atomic E-state index is -0.990. The van der Waals surface area contributed by atoms with E-state index in [2.05, 4.69) is 5.32 Å². The molecule has 0 spiro atoms. The molecule has 0 fully saturated rings. The predicted molar refractivity (Wildman–Crippen MR) is 77.2 cm³/mol. The van der Waals surface area contributed by atoms with E-state index >= 15 is 0 Å². The Balaban J connectivity index is 2.31. The van der Waals surface area contributed by atoms with Gasteiger partial charge in [0.05, 0.1) is 4.92 Å². The first-order valence-electron chi connectivity index (χ1n) is 5.90. The lowest BCUT2D eigenvalue weighted by atomic mass is 10.1. The van der Waals surface area contributed by atoms with Crippen LogP contribution in [0.5, 0.6) is 0 Å². The number of rotatable bonds is 3. The molecule has 0 atom stereocenters. The topological polar surface area (TPSA) is 72.2 Å². The van der Waals surface area contributed by atoms with Crippen molar-refractivity contribution in [3.05, 3.63) is 68.5 Å². The van der Waals surface area contributed by atoms with Crippen LogP contribution in [0.4, 0.5) is 15.8 Å². The van der Waals surface area contributed by atoms with Gasteiger partial charge < -0.3 is 5.32 Å². The molecule has 0 saturated carbocycles. The van der Waals surface area contributed by atoms with Crippen LogP contribution in [0, 0.1) is 22.9 Å². The molecule has 1 amide bonds. The lowest BCUT2D eigenvalue weighted by Crippen LogP contribution is -2.13. The fourth-order valence-corrected chi connectivity index (χ4v) is 1.91. The van der Waals surface area contributed by atoms with Crippen LogP contribution in [0.25, 0.3) is 0 Å². The molecule has 0 heterocycles. The lowest BCUT2D eigenvalue weighted by Gasteiger charge is -2.09. The highest BCUT2D eigenvalue weighted by Crippen LogP contribution is 2.24. The molecule has 1 N–H and O–H groups in total. The first-order valence-corrected chi connectivity index (χ1v) is 6.28. The summed E-state index contributed by atoms with van der Waals surface area (Å²) in [6.45, 7) is 1.73. The predicted octanol–water partition coefficient (Wildman–Crippen LogP) is 3.95.